The number of hydrogen-bond acceptors (Lipinski definition) is 2. The van der Waals surface area contributed by atoms with Gasteiger partial charge in [0.15, 0.2) is 5.78 Å². The van der Waals surface area contributed by atoms with Gasteiger partial charge in [-0.15, -0.1) is 0 Å². The predicted molar refractivity (Wildman–Crippen MR) is 57.4 cm³/mol. The van der Waals surface area contributed by atoms with E-state index in [-0.39, 0.29) is 5.78 Å². The van der Waals surface area contributed by atoms with E-state index < -0.39 is 0 Å². The summed E-state index contributed by atoms with van der Waals surface area (Å²) in [5.41, 5.74) is 1.90. The summed E-state index contributed by atoms with van der Waals surface area (Å²) in [4.78, 5) is 11.0. The molecule has 0 spiro atoms. The third-order valence-electron chi connectivity index (χ3n) is 2.11. The van der Waals surface area contributed by atoms with Crippen molar-refractivity contribution in [2.45, 2.75) is 12.8 Å². The van der Waals surface area contributed by atoms with Gasteiger partial charge >= 0.3 is 0 Å². The van der Waals surface area contributed by atoms with Gasteiger partial charge in [0.1, 0.15) is 0 Å². The Labute approximate surface area is 87.6 Å². The van der Waals surface area contributed by atoms with Crippen LogP contribution < -0.4 is 5.32 Å². The lowest BCUT2D eigenvalue weighted by molar-refractivity contribution is -0.114. The lowest BCUT2D eigenvalue weighted by Crippen LogP contribution is -1.95. The van der Waals surface area contributed by atoms with Gasteiger partial charge in [-0.3, -0.25) is 4.79 Å². The lowest BCUT2D eigenvalue weighted by Gasteiger charge is -2.06. The molecule has 1 aliphatic carbocycles. The Bertz CT molecular complexity index is 398. The summed E-state index contributed by atoms with van der Waals surface area (Å²) in [6, 6.07) is 7.46. The number of benzene rings is 1. The number of anilines is 1. The van der Waals surface area contributed by atoms with E-state index in [1.807, 2.05) is 24.3 Å². The largest absolute Gasteiger partial charge is 0.359 e. The van der Waals surface area contributed by atoms with Gasteiger partial charge in [-0.25, -0.2) is 0 Å². The number of carbonyl (C=O) groups is 1. The molecular weight excluding hydrogens is 198 g/mol. The SMILES string of the molecule is O=C1C=C(Nc2cccc(Cl)c2)CC1. The van der Waals surface area contributed by atoms with E-state index in [0.29, 0.717) is 11.4 Å². The number of nitrogens with one attached hydrogen (secondary N) is 1. The first-order valence-corrected chi connectivity index (χ1v) is 4.88. The fourth-order valence-electron chi connectivity index (χ4n) is 1.45. The number of halogens is 1. The third kappa shape index (κ3) is 2.15. The smallest absolute Gasteiger partial charge is 0.157 e. The zero-order valence-electron chi connectivity index (χ0n) is 7.59. The van der Waals surface area contributed by atoms with Crippen molar-refractivity contribution in [2.24, 2.45) is 0 Å². The van der Waals surface area contributed by atoms with E-state index in [4.69, 9.17) is 11.6 Å². The molecule has 0 bridgehead atoms. The second-order valence-electron chi connectivity index (χ2n) is 3.27. The van der Waals surface area contributed by atoms with Crippen LogP contribution in [0.3, 0.4) is 0 Å². The van der Waals surface area contributed by atoms with Crippen LogP contribution >= 0.6 is 11.6 Å². The number of ketones is 1. The molecule has 0 aromatic heterocycles. The molecule has 1 N–H and O–H groups in total. The highest BCUT2D eigenvalue weighted by Gasteiger charge is 2.11. The van der Waals surface area contributed by atoms with Crippen LogP contribution in [0.4, 0.5) is 5.69 Å². The lowest BCUT2D eigenvalue weighted by atomic mass is 10.3. The highest BCUT2D eigenvalue weighted by Crippen LogP contribution is 2.20. The van der Waals surface area contributed by atoms with Crippen molar-refractivity contribution < 1.29 is 4.79 Å². The minimum Gasteiger partial charge on any atom is -0.359 e. The molecule has 0 aliphatic heterocycles. The molecule has 0 radical (unpaired) electrons. The number of hydrogen-bond donors (Lipinski definition) is 1. The summed E-state index contributed by atoms with van der Waals surface area (Å²) in [6.45, 7) is 0. The number of allylic oxidation sites excluding steroid dienone is 2. The molecule has 3 heteroatoms. The average Bonchev–Trinajstić information content (AvgIpc) is 2.51. The number of carbonyl (C=O) groups excluding carboxylic acids is 1. The van der Waals surface area contributed by atoms with Gasteiger partial charge in [-0.1, -0.05) is 17.7 Å². The summed E-state index contributed by atoms with van der Waals surface area (Å²) < 4.78 is 0. The zero-order valence-corrected chi connectivity index (χ0v) is 8.34. The van der Waals surface area contributed by atoms with Gasteiger partial charge in [0.2, 0.25) is 0 Å². The first-order valence-electron chi connectivity index (χ1n) is 4.50. The maximum Gasteiger partial charge on any atom is 0.157 e. The summed E-state index contributed by atoms with van der Waals surface area (Å²) in [5.74, 6) is 0.189. The Morgan fingerprint density at radius 1 is 1.29 bits per heavy atom. The van der Waals surface area contributed by atoms with Crippen molar-refractivity contribution in [1.29, 1.82) is 0 Å². The molecule has 0 amide bonds. The predicted octanol–water partition coefficient (Wildman–Crippen LogP) is 3.00. The molecule has 2 nitrogen and oxygen atoms in total. The van der Waals surface area contributed by atoms with E-state index >= 15 is 0 Å². The van der Waals surface area contributed by atoms with Crippen molar-refractivity contribution in [3.8, 4) is 0 Å². The topological polar surface area (TPSA) is 29.1 Å². The first-order chi connectivity index (χ1) is 6.74. The highest BCUT2D eigenvalue weighted by molar-refractivity contribution is 6.30. The van der Waals surface area contributed by atoms with Crippen molar-refractivity contribution in [3.63, 3.8) is 0 Å². The molecule has 14 heavy (non-hydrogen) atoms. The van der Waals surface area contributed by atoms with Gasteiger partial charge in [0.05, 0.1) is 0 Å². The molecule has 0 saturated carbocycles. The van der Waals surface area contributed by atoms with Crippen LogP contribution in [-0.4, -0.2) is 5.78 Å². The van der Waals surface area contributed by atoms with E-state index in [1.54, 1.807) is 6.08 Å². The molecule has 0 unspecified atom stereocenters. The Morgan fingerprint density at radius 3 is 2.79 bits per heavy atom. The van der Waals surface area contributed by atoms with Crippen LogP contribution in [0.1, 0.15) is 12.8 Å². The van der Waals surface area contributed by atoms with Crippen molar-refractivity contribution >= 4 is 23.1 Å². The van der Waals surface area contributed by atoms with E-state index in [2.05, 4.69) is 5.32 Å². The van der Waals surface area contributed by atoms with E-state index in [1.165, 1.54) is 0 Å². The molecule has 2 rings (SSSR count). The van der Waals surface area contributed by atoms with Crippen LogP contribution in [0.2, 0.25) is 5.02 Å². The third-order valence-corrected chi connectivity index (χ3v) is 2.34. The molecule has 0 heterocycles. The highest BCUT2D eigenvalue weighted by atomic mass is 35.5. The number of rotatable bonds is 2. The Balaban J connectivity index is 2.11. The summed E-state index contributed by atoms with van der Waals surface area (Å²) in [7, 11) is 0. The first kappa shape index (κ1) is 9.28. The van der Waals surface area contributed by atoms with Crippen molar-refractivity contribution in [2.75, 3.05) is 5.32 Å². The molecule has 0 atom stereocenters. The fraction of sp³-hybridized carbons (Fsp3) is 0.182. The summed E-state index contributed by atoms with van der Waals surface area (Å²) in [5, 5.41) is 3.86. The second-order valence-corrected chi connectivity index (χ2v) is 3.71. The van der Waals surface area contributed by atoms with Crippen LogP contribution in [-0.2, 0) is 4.79 Å². The van der Waals surface area contributed by atoms with Gasteiger partial charge in [0, 0.05) is 28.9 Å². The summed E-state index contributed by atoms with van der Waals surface area (Å²) in [6.07, 6.45) is 3.06. The van der Waals surface area contributed by atoms with Crippen LogP contribution in [0.25, 0.3) is 0 Å². The van der Waals surface area contributed by atoms with Crippen molar-refractivity contribution in [3.05, 3.63) is 41.1 Å². The molecule has 1 aromatic carbocycles. The average molecular weight is 208 g/mol. The van der Waals surface area contributed by atoms with Crippen molar-refractivity contribution in [1.82, 2.24) is 0 Å². The van der Waals surface area contributed by atoms with Gasteiger partial charge in [-0.2, -0.15) is 0 Å². The minimum absolute atomic E-state index is 0.189. The molecule has 0 saturated heterocycles. The molecule has 0 fully saturated rings. The zero-order chi connectivity index (χ0) is 9.97. The van der Waals surface area contributed by atoms with E-state index in [9.17, 15) is 4.79 Å². The van der Waals surface area contributed by atoms with E-state index in [0.717, 1.165) is 17.8 Å². The second kappa shape index (κ2) is 3.84. The maximum atomic E-state index is 11.0. The molecule has 1 aromatic rings. The van der Waals surface area contributed by atoms with Gasteiger partial charge in [0.25, 0.3) is 0 Å². The Kier molecular flexibility index (Phi) is 2.55. The Hall–Kier alpha value is -1.28. The van der Waals surface area contributed by atoms with Crippen LogP contribution in [0.15, 0.2) is 36.0 Å². The van der Waals surface area contributed by atoms with Crippen LogP contribution in [0, 0.1) is 0 Å². The van der Waals surface area contributed by atoms with Gasteiger partial charge < -0.3 is 5.32 Å². The molecular formula is C11H10ClNO. The monoisotopic (exact) mass is 207 g/mol. The quantitative estimate of drug-likeness (QED) is 0.808. The Morgan fingerprint density at radius 2 is 2.14 bits per heavy atom. The minimum atomic E-state index is 0.189. The molecule has 1 aliphatic rings. The fourth-order valence-corrected chi connectivity index (χ4v) is 1.64. The van der Waals surface area contributed by atoms with Crippen LogP contribution in [0.5, 0.6) is 0 Å². The normalized spacial score (nSPS) is 15.5. The van der Waals surface area contributed by atoms with Gasteiger partial charge in [-0.05, 0) is 24.6 Å². The maximum absolute atomic E-state index is 11.0. The molecule has 72 valence electrons. The summed E-state index contributed by atoms with van der Waals surface area (Å²) >= 11 is 5.83. The standard InChI is InChI=1S/C11H10ClNO/c12-8-2-1-3-9(6-8)13-10-4-5-11(14)7-10/h1-3,6-7,13H,4-5H2.